The molecule has 0 aromatic rings. The lowest BCUT2D eigenvalue weighted by atomic mass is 9.85. The van der Waals surface area contributed by atoms with Crippen LogP contribution >= 0.6 is 0 Å². The number of hydrogen-bond donors (Lipinski definition) is 0. The van der Waals surface area contributed by atoms with Gasteiger partial charge in [0.25, 0.3) is 0 Å². The Morgan fingerprint density at radius 2 is 1.47 bits per heavy atom. The summed E-state index contributed by atoms with van der Waals surface area (Å²) in [4.78, 5) is 0. The fourth-order valence-electron chi connectivity index (χ4n) is 3.53. The Morgan fingerprint density at radius 3 is 2.06 bits per heavy atom. The highest BCUT2D eigenvalue weighted by molar-refractivity contribution is 5.77. The molecule has 98 valence electrons. The molecule has 17 heavy (non-hydrogen) atoms. The van der Waals surface area contributed by atoms with Gasteiger partial charge in [0.05, 0.1) is 0 Å². The van der Waals surface area contributed by atoms with Crippen LogP contribution in [0.2, 0.25) is 0 Å². The predicted octanol–water partition coefficient (Wildman–Crippen LogP) is 4.26. The van der Waals surface area contributed by atoms with E-state index in [1.165, 1.54) is 56.1 Å². The van der Waals surface area contributed by atoms with Gasteiger partial charge in [-0.05, 0) is 31.6 Å². The molecule has 0 radical (unpaired) electrons. The smallest absolute Gasteiger partial charge is 0.163 e. The van der Waals surface area contributed by atoms with E-state index in [0.717, 1.165) is 30.9 Å². The molecule has 2 saturated carbocycles. The highest BCUT2D eigenvalue weighted by Gasteiger charge is 2.23. The van der Waals surface area contributed by atoms with Gasteiger partial charge in [0.2, 0.25) is 0 Å². The van der Waals surface area contributed by atoms with Gasteiger partial charge in [-0.25, -0.2) is 4.74 Å². The first-order valence-corrected chi connectivity index (χ1v) is 7.56. The van der Waals surface area contributed by atoms with E-state index in [0.29, 0.717) is 6.04 Å². The average molecular weight is 237 g/mol. The monoisotopic (exact) mass is 237 g/mol. The third-order valence-corrected chi connectivity index (χ3v) is 4.59. The topological polar surface area (TPSA) is 26.1 Å². The van der Waals surface area contributed by atoms with Crippen LogP contribution in [0, 0.1) is 11.1 Å². The molecular weight excluding hydrogens is 210 g/mol. The molecule has 0 N–H and O–H groups in total. The highest BCUT2D eigenvalue weighted by atomic mass is 16.5. The van der Waals surface area contributed by atoms with Gasteiger partial charge in [-0.1, -0.05) is 25.7 Å². The molecule has 0 atom stereocenters. The van der Waals surface area contributed by atoms with Crippen molar-refractivity contribution in [2.45, 2.75) is 83.6 Å². The normalized spacial score (nSPS) is 25.7. The summed E-state index contributed by atoms with van der Waals surface area (Å²) in [7, 11) is 0. The Labute approximate surface area is 106 Å². The molecule has 0 amide bonds. The average Bonchev–Trinajstić information content (AvgIpc) is 2.40. The van der Waals surface area contributed by atoms with Crippen LogP contribution in [-0.2, 0) is 0 Å². The highest BCUT2D eigenvalue weighted by Crippen LogP contribution is 2.27. The van der Waals surface area contributed by atoms with Crippen LogP contribution in [0.15, 0.2) is 0 Å². The second-order valence-corrected chi connectivity index (χ2v) is 6.06. The van der Waals surface area contributed by atoms with E-state index in [-0.39, 0.29) is 0 Å². The van der Waals surface area contributed by atoms with Crippen molar-refractivity contribution < 1.29 is 4.74 Å². The second-order valence-electron chi connectivity index (χ2n) is 6.06. The van der Waals surface area contributed by atoms with Crippen molar-refractivity contribution in [3.8, 4) is 0 Å². The minimum Gasteiger partial charge on any atom is -0.624 e. The fourth-order valence-corrected chi connectivity index (χ4v) is 3.53. The molecule has 2 fully saturated rings. The quantitative estimate of drug-likeness (QED) is 0.312. The SMILES string of the molecule is C/C(CC1CCCCC1)=[N+](/[O-])C1CCCCC1. The number of hydrogen-bond acceptors (Lipinski definition) is 1. The molecular formula is C15H27NO. The Balaban J connectivity index is 1.88. The van der Waals surface area contributed by atoms with Crippen LogP contribution in [0.4, 0.5) is 0 Å². The first kappa shape index (κ1) is 12.9. The Bertz CT molecular complexity index is 260. The molecule has 0 saturated heterocycles. The van der Waals surface area contributed by atoms with Crippen molar-refractivity contribution >= 4 is 5.71 Å². The summed E-state index contributed by atoms with van der Waals surface area (Å²) in [5.41, 5.74) is 1.10. The summed E-state index contributed by atoms with van der Waals surface area (Å²) in [6.07, 6.45) is 14.0. The lowest BCUT2D eigenvalue weighted by Crippen LogP contribution is -2.29. The van der Waals surface area contributed by atoms with E-state index >= 15 is 0 Å². The molecule has 0 unspecified atom stereocenters. The molecule has 0 aliphatic heterocycles. The number of rotatable bonds is 3. The van der Waals surface area contributed by atoms with Gasteiger partial charge < -0.3 is 5.21 Å². The molecule has 0 spiro atoms. The van der Waals surface area contributed by atoms with Crippen molar-refractivity contribution in [2.24, 2.45) is 5.92 Å². The van der Waals surface area contributed by atoms with E-state index in [1.54, 1.807) is 0 Å². The largest absolute Gasteiger partial charge is 0.624 e. The van der Waals surface area contributed by atoms with Gasteiger partial charge in [-0.2, -0.15) is 0 Å². The zero-order valence-electron chi connectivity index (χ0n) is 11.3. The van der Waals surface area contributed by atoms with E-state index in [4.69, 9.17) is 0 Å². The van der Waals surface area contributed by atoms with E-state index in [9.17, 15) is 5.21 Å². The van der Waals surface area contributed by atoms with E-state index in [2.05, 4.69) is 6.92 Å². The molecule has 2 rings (SSSR count). The lowest BCUT2D eigenvalue weighted by Gasteiger charge is -2.25. The summed E-state index contributed by atoms with van der Waals surface area (Å²) in [5, 5.41) is 12.3. The van der Waals surface area contributed by atoms with Gasteiger partial charge in [-0.15, -0.1) is 0 Å². The van der Waals surface area contributed by atoms with Gasteiger partial charge in [0.1, 0.15) is 0 Å². The van der Waals surface area contributed by atoms with Gasteiger partial charge >= 0.3 is 0 Å². The maximum absolute atomic E-state index is 12.3. The van der Waals surface area contributed by atoms with Crippen LogP contribution in [0.5, 0.6) is 0 Å². The van der Waals surface area contributed by atoms with Crippen LogP contribution in [0.25, 0.3) is 0 Å². The van der Waals surface area contributed by atoms with Crippen LogP contribution in [-0.4, -0.2) is 16.5 Å². The first-order valence-electron chi connectivity index (χ1n) is 7.56. The summed E-state index contributed by atoms with van der Waals surface area (Å²) >= 11 is 0. The molecule has 0 aromatic heterocycles. The second kappa shape index (κ2) is 6.42. The van der Waals surface area contributed by atoms with Gasteiger partial charge in [-0.3, -0.25) is 0 Å². The third-order valence-electron chi connectivity index (χ3n) is 4.59. The van der Waals surface area contributed by atoms with Crippen LogP contribution in [0.1, 0.15) is 77.6 Å². The van der Waals surface area contributed by atoms with Crippen molar-refractivity contribution in [3.63, 3.8) is 0 Å². The molecule has 2 heteroatoms. The summed E-state index contributed by atoms with van der Waals surface area (Å²) < 4.78 is 1.37. The van der Waals surface area contributed by atoms with Crippen molar-refractivity contribution in [2.75, 3.05) is 0 Å². The third kappa shape index (κ3) is 3.72. The van der Waals surface area contributed by atoms with Crippen LogP contribution < -0.4 is 0 Å². The summed E-state index contributed by atoms with van der Waals surface area (Å²) in [5.74, 6) is 0.795. The molecule has 2 aliphatic carbocycles. The molecule has 0 bridgehead atoms. The molecule has 2 aliphatic rings. The number of nitrogens with zero attached hydrogens (tertiary/aromatic N) is 1. The Hall–Kier alpha value is -0.530. The van der Waals surface area contributed by atoms with E-state index in [1.807, 2.05) is 0 Å². The summed E-state index contributed by atoms with van der Waals surface area (Å²) in [6, 6.07) is 0.298. The first-order chi connectivity index (χ1) is 8.27. The summed E-state index contributed by atoms with van der Waals surface area (Å²) in [6.45, 7) is 2.07. The lowest BCUT2D eigenvalue weighted by molar-refractivity contribution is -0.507. The van der Waals surface area contributed by atoms with Crippen molar-refractivity contribution in [1.82, 2.24) is 0 Å². The predicted molar refractivity (Wildman–Crippen MR) is 72.4 cm³/mol. The maximum Gasteiger partial charge on any atom is 0.163 e. The van der Waals surface area contributed by atoms with Crippen molar-refractivity contribution in [3.05, 3.63) is 5.21 Å². The van der Waals surface area contributed by atoms with Gasteiger partial charge in [0.15, 0.2) is 11.8 Å². The zero-order valence-corrected chi connectivity index (χ0v) is 11.3. The molecule has 2 nitrogen and oxygen atoms in total. The Kier molecular flexibility index (Phi) is 4.87. The van der Waals surface area contributed by atoms with Gasteiger partial charge in [0, 0.05) is 26.2 Å². The molecule has 0 heterocycles. The standard InChI is InChI=1S/C15H27NO/c1-13(12-14-8-4-2-5-9-14)16(17)15-10-6-3-7-11-15/h14-15H,2-12H2,1H3/b16-13-. The number of hydroxylamine groups is 1. The minimum atomic E-state index is 0.298. The maximum atomic E-state index is 12.3. The Morgan fingerprint density at radius 1 is 0.941 bits per heavy atom. The van der Waals surface area contributed by atoms with E-state index < -0.39 is 0 Å². The zero-order chi connectivity index (χ0) is 12.1. The molecule has 0 aromatic carbocycles. The minimum absolute atomic E-state index is 0.298. The fraction of sp³-hybridized carbons (Fsp3) is 0.933. The van der Waals surface area contributed by atoms with Crippen molar-refractivity contribution in [1.29, 1.82) is 0 Å². The van der Waals surface area contributed by atoms with Crippen LogP contribution in [0.3, 0.4) is 0 Å².